The largest absolute Gasteiger partial charge is 0.399 e. The highest BCUT2D eigenvalue weighted by molar-refractivity contribution is 6.01. The molecule has 0 aromatic heterocycles. The second-order valence-electron chi connectivity index (χ2n) is 35.2. The molecule has 1 heterocycles. The van der Waals surface area contributed by atoms with Crippen molar-refractivity contribution in [3.63, 3.8) is 0 Å². The minimum Gasteiger partial charge on any atom is -0.399 e. The van der Waals surface area contributed by atoms with E-state index < -0.39 is 142 Å². The molecule has 15 atom stereocenters. The van der Waals surface area contributed by atoms with Crippen LogP contribution in [-0.4, -0.2) is 321 Å². The number of quaternary nitrogens is 1. The number of nitrogens with zero attached hydrogens (tertiary/aromatic N) is 1. The maximum absolute atomic E-state index is 18.3. The number of alkyl halides is 2. The van der Waals surface area contributed by atoms with Crippen molar-refractivity contribution in [3.8, 4) is 11.8 Å². The van der Waals surface area contributed by atoms with Gasteiger partial charge >= 0.3 is 6.03 Å². The summed E-state index contributed by atoms with van der Waals surface area (Å²) in [5, 5.41) is 37.6. The minimum atomic E-state index is -2.47. The van der Waals surface area contributed by atoms with Gasteiger partial charge in [-0.15, -0.1) is 5.92 Å². The number of carbonyl (C=O) groups excluding carboxylic acids is 10. The first-order valence-corrected chi connectivity index (χ1v) is 45.6. The van der Waals surface area contributed by atoms with Crippen molar-refractivity contribution >= 4 is 58.9 Å². The van der Waals surface area contributed by atoms with E-state index in [1.165, 1.54) is 19.1 Å². The summed E-state index contributed by atoms with van der Waals surface area (Å²) in [6.07, 6.45) is 7.37. The van der Waals surface area contributed by atoms with Crippen LogP contribution in [0.15, 0.2) is 35.2 Å². The Labute approximate surface area is 741 Å². The minimum absolute atomic E-state index is 0.0232. The third-order valence-corrected chi connectivity index (χ3v) is 24.4. The van der Waals surface area contributed by atoms with Crippen LogP contribution < -0.4 is 59.3 Å². The van der Waals surface area contributed by atoms with Crippen LogP contribution in [0, 0.1) is 40.4 Å². The third-order valence-electron chi connectivity index (χ3n) is 24.4. The van der Waals surface area contributed by atoms with Gasteiger partial charge in [0, 0.05) is 67.9 Å². The van der Waals surface area contributed by atoms with Gasteiger partial charge in [-0.2, -0.15) is 0 Å². The molecular weight excluding hydrogens is 1640 g/mol. The summed E-state index contributed by atoms with van der Waals surface area (Å²) >= 11 is 0. The number of ketones is 2. The van der Waals surface area contributed by atoms with E-state index in [2.05, 4.69) is 80.8 Å². The molecule has 7 aliphatic rings. The quantitative estimate of drug-likeness (QED) is 0.0236. The second kappa shape index (κ2) is 54.9. The van der Waals surface area contributed by atoms with E-state index in [1.54, 1.807) is 20.8 Å². The van der Waals surface area contributed by atoms with Crippen LogP contribution in [0.3, 0.4) is 0 Å². The predicted molar refractivity (Wildman–Crippen MR) is 461 cm³/mol. The fraction of sp³-hybridized carbons (Fsp3) is 0.798. The predicted octanol–water partition coefficient (Wildman–Crippen LogP) is 3.04. The van der Waals surface area contributed by atoms with Crippen molar-refractivity contribution in [2.75, 3.05) is 186 Å². The summed E-state index contributed by atoms with van der Waals surface area (Å²) in [5.74, 6) is -1.19. The average Bonchev–Trinajstić information content (AvgIpc) is 1.46. The number of likely N-dealkylation sites (N-methyl/N-ethyl adjacent to an activating group) is 1. The lowest BCUT2D eigenvalue weighted by Gasteiger charge is -2.63. The molecule has 0 spiro atoms. The topological polar surface area (TPSA) is 462 Å². The van der Waals surface area contributed by atoms with Crippen molar-refractivity contribution in [1.29, 1.82) is 0 Å². The summed E-state index contributed by atoms with van der Waals surface area (Å²) in [6.45, 7) is 14.5. The highest BCUT2D eigenvalue weighted by Gasteiger charge is 2.80. The zero-order valence-corrected chi connectivity index (χ0v) is 75.7. The number of primary amides is 1. The number of carbonyl (C=O) groups is 10. The molecule has 7 rings (SSSR count). The summed E-state index contributed by atoms with van der Waals surface area (Å²) in [4.78, 5) is 135. The van der Waals surface area contributed by atoms with E-state index >= 15 is 13.6 Å². The van der Waals surface area contributed by atoms with Gasteiger partial charge in [-0.05, 0) is 133 Å². The van der Waals surface area contributed by atoms with E-state index in [0.29, 0.717) is 143 Å². The van der Waals surface area contributed by atoms with Crippen molar-refractivity contribution in [2.45, 2.75) is 242 Å². The monoisotopic (exact) mass is 1790 g/mol. The fourth-order valence-electron chi connectivity index (χ4n) is 17.6. The molecule has 14 N–H and O–H groups in total. The summed E-state index contributed by atoms with van der Waals surface area (Å²) in [6, 6.07) is -4.81. The van der Waals surface area contributed by atoms with E-state index in [1.807, 2.05) is 6.92 Å². The van der Waals surface area contributed by atoms with Gasteiger partial charge in [0.15, 0.2) is 29.1 Å². The van der Waals surface area contributed by atoms with Crippen molar-refractivity contribution in [3.05, 3.63) is 35.2 Å². The number of nitrogens with one attached hydrogen (secondary N) is 9. The fourth-order valence-corrected chi connectivity index (χ4v) is 17.6. The number of aliphatic hydroxyl groups is 1. The van der Waals surface area contributed by atoms with Gasteiger partial charge in [0.2, 0.25) is 41.4 Å². The molecule has 1 saturated heterocycles. The molecule has 3 saturated carbocycles. The normalized spacial score (nSPS) is 26.4. The third kappa shape index (κ3) is 33.2. The SMILES string of the molecule is CCCC1O[C@@H]2C[C@H]3[C@@H]4C[C@H](F)C5=CC(=O)C=C[C@]5(C)[C@@]4(F)[C@@H](O)C[C@]3(C)[C@]2(C(=O)CNC(=O)[C@H](CCCNC(N)=O)NC(=O)[C@@H](NC(=O)[C@@H](CCCCNC(=O)COC2CCCCC/C(NCCOCCOCCOCCOCCC(=O)NCC[N+](C)(C)C)=C\2N)NC(=O)CCOCCOCCOCCOCCNC(=O)COC2C#CCCCCC2)C(C)C)O1. The number of Topliss-reactive ketones (excluding diaryl/α,β-unsaturated/α-hetero) is 1. The lowest BCUT2D eigenvalue weighted by molar-refractivity contribution is -0.869. The number of unbranched alkanes of at least 4 members (excludes halogenated alkanes) is 1. The molecule has 714 valence electrons. The number of nitrogens with two attached hydrogens (primary N) is 2. The van der Waals surface area contributed by atoms with Crippen LogP contribution in [0.1, 0.15) is 176 Å². The Morgan fingerprint density at radius 3 is 1.86 bits per heavy atom. The second-order valence-corrected chi connectivity index (χ2v) is 35.2. The zero-order chi connectivity index (χ0) is 91.6. The maximum Gasteiger partial charge on any atom is 0.312 e. The van der Waals surface area contributed by atoms with Gasteiger partial charge in [-0.3, -0.25) is 43.2 Å². The molecule has 9 amide bonds. The number of aliphatic hydroxyl groups excluding tert-OH is 1. The van der Waals surface area contributed by atoms with Crippen molar-refractivity contribution < 1.29 is 123 Å². The lowest BCUT2D eigenvalue weighted by atomic mass is 9.44. The highest BCUT2D eigenvalue weighted by atomic mass is 19.1. The number of halogens is 2. The Hall–Kier alpha value is -7.42. The summed E-state index contributed by atoms with van der Waals surface area (Å²) in [7, 11) is 6.21. The Kier molecular flexibility index (Phi) is 46.0. The molecule has 35 nitrogen and oxygen atoms in total. The Morgan fingerprint density at radius 2 is 1.21 bits per heavy atom. The molecule has 0 radical (unpaired) electrons. The first-order valence-electron chi connectivity index (χ1n) is 45.6. The van der Waals surface area contributed by atoms with Crippen LogP contribution in [0.5, 0.6) is 0 Å². The summed E-state index contributed by atoms with van der Waals surface area (Å²) in [5.41, 5.74) is 5.97. The standard InChI is InChI=1S/C89H146F2N12O23/c1-9-21-79-125-74-56-64-65-55-67(90)66-54-62(104)28-31-86(66,4)88(65,91)72(105)57-87(64,5)89(74,126-79)73(106)58-99-82(111)69(26-20-33-98-85(93)114)101-84(113)81(61(2)3)102-83(112)70(100-76(108)30-39-116-43-47-120-51-53-122-49-45-118-41-36-97-77(109)59-123-63-22-14-11-10-12-15-23-63)25-18-19-32-95-78(110)60-124-71-27-17-13-16-24-68(80(71)92)94-35-40-117-44-48-121-52-50-119-46-42-115-38-29-75(107)96-34-37-103(6,7)8/h28,31,54,61,63-65,67,69-72,74,79,81,94,105H,9-14,16-22,24-27,29-30,32-53,55-60,92H2,1-8H3,(H9-,93,95,96,97,98,99,100,101,102,107,108,109,110,111,112,113,114)/p+1/b80-68-/t63?,64-,65-,67-,69-,70+,71?,72-,74+,79?,81-,86-,87-,88-,89+/m0/s1. The van der Waals surface area contributed by atoms with Gasteiger partial charge < -0.3 is 126 Å². The van der Waals surface area contributed by atoms with E-state index in [9.17, 15) is 48.3 Å². The maximum atomic E-state index is 18.3. The number of allylic oxidation sites excluding steroid dienone is 5. The van der Waals surface area contributed by atoms with E-state index in [4.69, 9.17) is 68.3 Å². The number of hydrogen-bond acceptors (Lipinski definition) is 25. The summed E-state index contributed by atoms with van der Waals surface area (Å²) < 4.78 is 106. The van der Waals surface area contributed by atoms with E-state index in [-0.39, 0.29) is 128 Å². The number of ether oxygens (including phenoxy) is 12. The molecule has 37 heteroatoms. The Morgan fingerprint density at radius 1 is 0.635 bits per heavy atom. The van der Waals surface area contributed by atoms with Gasteiger partial charge in [-0.1, -0.05) is 65.4 Å². The molecule has 3 unspecified atom stereocenters. The number of amides is 9. The number of hydrogen-bond donors (Lipinski definition) is 12. The lowest BCUT2D eigenvalue weighted by Crippen LogP contribution is -2.71. The zero-order valence-electron chi connectivity index (χ0n) is 75.7. The first kappa shape index (κ1) is 106. The highest BCUT2D eigenvalue weighted by Crippen LogP contribution is 2.72. The smallest absolute Gasteiger partial charge is 0.312 e. The number of rotatable bonds is 61. The molecule has 0 aromatic rings. The van der Waals surface area contributed by atoms with Gasteiger partial charge in [0.1, 0.15) is 43.6 Å². The van der Waals surface area contributed by atoms with Gasteiger partial charge in [0.05, 0.1) is 170 Å². The first-order chi connectivity index (χ1) is 60.4. The molecule has 4 fully saturated rings. The van der Waals surface area contributed by atoms with Crippen LogP contribution in [0.2, 0.25) is 0 Å². The average molecular weight is 1790 g/mol. The van der Waals surface area contributed by atoms with Crippen LogP contribution in [0.25, 0.3) is 0 Å². The van der Waals surface area contributed by atoms with Gasteiger partial charge in [0.25, 0.3) is 0 Å². The molecule has 126 heavy (non-hydrogen) atoms. The van der Waals surface area contributed by atoms with E-state index in [0.717, 1.165) is 74.2 Å². The molecular formula is C89H147F2N12O23+. The Bertz CT molecular complexity index is 3620. The van der Waals surface area contributed by atoms with Crippen LogP contribution in [-0.2, 0) is 100.0 Å². The number of urea groups is 1. The molecule has 1 aliphatic heterocycles. The van der Waals surface area contributed by atoms with Crippen molar-refractivity contribution in [2.24, 2.45) is 40.1 Å². The van der Waals surface area contributed by atoms with Gasteiger partial charge in [-0.25, -0.2) is 13.6 Å². The molecule has 0 aromatic carbocycles. The molecule has 0 bridgehead atoms. The van der Waals surface area contributed by atoms with Crippen LogP contribution >= 0.6 is 0 Å². The Balaban J connectivity index is 0.893. The van der Waals surface area contributed by atoms with Crippen LogP contribution in [0.4, 0.5) is 13.6 Å². The van der Waals surface area contributed by atoms with Crippen molar-refractivity contribution in [1.82, 2.24) is 47.9 Å². The molecule has 6 aliphatic carbocycles. The number of fused-ring (bicyclic) bond motifs is 7.